The van der Waals surface area contributed by atoms with Crippen molar-refractivity contribution in [3.8, 4) is 29.0 Å². The topological polar surface area (TPSA) is 116 Å². The van der Waals surface area contributed by atoms with Crippen LogP contribution < -0.4 is 15.5 Å². The van der Waals surface area contributed by atoms with Gasteiger partial charge in [-0.1, -0.05) is 24.3 Å². The van der Waals surface area contributed by atoms with E-state index in [4.69, 9.17) is 10.7 Å². The monoisotopic (exact) mass is 563 g/mol. The first kappa shape index (κ1) is 27.7. The maximum Gasteiger partial charge on any atom is 0.149 e. The number of hydrogen-bond donors (Lipinski definition) is 2. The Bertz CT molecular complexity index is 1780. The predicted molar refractivity (Wildman–Crippen MR) is 164 cm³/mol. The number of aromatic hydroxyl groups is 1. The molecule has 2 aliphatic rings. The number of phenolic OH excluding ortho intramolecular Hbond substituents is 1. The van der Waals surface area contributed by atoms with Crippen LogP contribution in [0.1, 0.15) is 30.9 Å². The maximum absolute atomic E-state index is 17.3. The minimum absolute atomic E-state index is 0.0150. The summed E-state index contributed by atoms with van der Waals surface area (Å²) in [4.78, 5) is 11.4. The molecule has 2 aliphatic heterocycles. The molecule has 2 atom stereocenters. The number of likely N-dealkylation sites (N-methyl/N-ethyl adjacent to an activating group) is 1. The molecule has 1 aromatic heterocycles. The number of nitrogens with zero attached hydrogens (tertiary/aromatic N) is 6. The lowest BCUT2D eigenvalue weighted by atomic mass is 9.88. The van der Waals surface area contributed by atoms with E-state index < -0.39 is 5.82 Å². The van der Waals surface area contributed by atoms with Crippen LogP contribution in [-0.4, -0.2) is 66.8 Å². The number of fused-ring (bicyclic) bond motifs is 2. The second kappa shape index (κ2) is 10.8. The largest absolute Gasteiger partial charge is 0.508 e. The molecule has 3 aromatic carbocycles. The molecule has 214 valence electrons. The molecule has 2 fully saturated rings. The molecule has 0 aliphatic carbocycles. The molecule has 0 bridgehead atoms. The zero-order valence-electron chi connectivity index (χ0n) is 24.1. The number of anilines is 2. The Morgan fingerprint density at radius 2 is 1.86 bits per heavy atom. The van der Waals surface area contributed by atoms with Gasteiger partial charge in [-0.05, 0) is 74.0 Å². The third kappa shape index (κ3) is 4.56. The molecule has 0 saturated carbocycles. The molecule has 4 aromatic rings. The van der Waals surface area contributed by atoms with Crippen LogP contribution in [0.5, 0.6) is 5.75 Å². The number of halogens is 1. The number of phenols is 1. The van der Waals surface area contributed by atoms with Crippen molar-refractivity contribution in [2.24, 2.45) is 5.73 Å². The van der Waals surface area contributed by atoms with Crippen molar-refractivity contribution in [3.05, 3.63) is 59.4 Å². The number of nitriles is 2. The van der Waals surface area contributed by atoms with Crippen LogP contribution in [0.25, 0.3) is 32.7 Å². The fraction of sp³-hybridized carbons (Fsp3) is 0.364. The summed E-state index contributed by atoms with van der Waals surface area (Å²) < 4.78 is 17.3. The summed E-state index contributed by atoms with van der Waals surface area (Å²) in [5.74, 6) is 0.554. The number of pyridine rings is 1. The second-order valence-corrected chi connectivity index (χ2v) is 11.8. The van der Waals surface area contributed by atoms with E-state index in [9.17, 15) is 15.6 Å². The molecule has 2 saturated heterocycles. The van der Waals surface area contributed by atoms with E-state index in [1.165, 1.54) is 0 Å². The van der Waals surface area contributed by atoms with Gasteiger partial charge < -0.3 is 25.5 Å². The molecule has 0 spiro atoms. The van der Waals surface area contributed by atoms with Crippen LogP contribution in [0.4, 0.5) is 16.0 Å². The lowest BCUT2D eigenvalue weighted by Gasteiger charge is -2.44. The molecule has 8 nitrogen and oxygen atoms in total. The molecule has 0 radical (unpaired) electrons. The van der Waals surface area contributed by atoms with Crippen molar-refractivity contribution in [2.45, 2.75) is 44.3 Å². The smallest absolute Gasteiger partial charge is 0.149 e. The minimum Gasteiger partial charge on any atom is -0.508 e. The summed E-state index contributed by atoms with van der Waals surface area (Å²) in [6, 6.07) is 17.5. The quantitative estimate of drug-likeness (QED) is 0.340. The summed E-state index contributed by atoms with van der Waals surface area (Å²) in [5, 5.41) is 32.9. The molecule has 0 unspecified atom stereocenters. The summed E-state index contributed by atoms with van der Waals surface area (Å²) in [5.41, 5.74) is 8.00. The highest BCUT2D eigenvalue weighted by Gasteiger charge is 2.36. The number of benzene rings is 3. The molecule has 3 heterocycles. The maximum atomic E-state index is 17.3. The molecule has 6 rings (SSSR count). The first-order valence-corrected chi connectivity index (χ1v) is 14.3. The van der Waals surface area contributed by atoms with Gasteiger partial charge in [0.2, 0.25) is 0 Å². The van der Waals surface area contributed by atoms with Gasteiger partial charge >= 0.3 is 0 Å². The lowest BCUT2D eigenvalue weighted by molar-refractivity contribution is 0.246. The zero-order valence-corrected chi connectivity index (χ0v) is 24.1. The van der Waals surface area contributed by atoms with Gasteiger partial charge in [0, 0.05) is 60.5 Å². The van der Waals surface area contributed by atoms with Crippen LogP contribution in [-0.2, 0) is 6.42 Å². The molecular weight excluding hydrogens is 529 g/mol. The van der Waals surface area contributed by atoms with Gasteiger partial charge in [-0.3, -0.25) is 0 Å². The standard InChI is InChI=1S/C33H34FN7O/c1-19-11-22(37)16-41(19)33-27-13-21(8-6-10-35)29(26-14-24(42)12-20-7-4-5-9-25(20)26)31(34)30(27)28(15-36)32(38-33)40-17-23(18-40)39(2)3/h4-5,7,9,12-14,19,22-23,42H,6,8,11,16-18,37H2,1-3H3/t19-,22+/m1/s1. The summed E-state index contributed by atoms with van der Waals surface area (Å²) in [7, 11) is 4.04. The average molecular weight is 564 g/mol. The highest BCUT2D eigenvalue weighted by molar-refractivity contribution is 6.06. The van der Waals surface area contributed by atoms with Gasteiger partial charge in [-0.15, -0.1) is 0 Å². The van der Waals surface area contributed by atoms with E-state index in [0.717, 1.165) is 17.2 Å². The zero-order chi connectivity index (χ0) is 29.7. The Labute approximate surface area is 245 Å². The first-order chi connectivity index (χ1) is 20.2. The Morgan fingerprint density at radius 1 is 1.10 bits per heavy atom. The van der Waals surface area contributed by atoms with Gasteiger partial charge in [0.15, 0.2) is 0 Å². The fourth-order valence-electron chi connectivity index (χ4n) is 6.51. The Balaban J connectivity index is 1.69. The van der Waals surface area contributed by atoms with Crippen molar-refractivity contribution in [2.75, 3.05) is 43.5 Å². The third-order valence-corrected chi connectivity index (χ3v) is 8.78. The highest BCUT2D eigenvalue weighted by atomic mass is 19.1. The molecule has 9 heteroatoms. The average Bonchev–Trinajstić information content (AvgIpc) is 3.27. The van der Waals surface area contributed by atoms with Crippen molar-refractivity contribution in [3.63, 3.8) is 0 Å². The minimum atomic E-state index is -0.543. The summed E-state index contributed by atoms with van der Waals surface area (Å²) >= 11 is 0. The number of hydrogen-bond acceptors (Lipinski definition) is 8. The van der Waals surface area contributed by atoms with E-state index in [1.807, 2.05) is 49.3 Å². The van der Waals surface area contributed by atoms with Crippen molar-refractivity contribution < 1.29 is 9.50 Å². The SMILES string of the molecule is C[C@@H]1C[C@H](N)CN1c1nc(N2CC(N(C)C)C2)c(C#N)c2c(F)c(-c3cc(O)cc4ccccc34)c(CCC#N)cc12. The highest BCUT2D eigenvalue weighted by Crippen LogP contribution is 2.45. The Kier molecular flexibility index (Phi) is 7.10. The Morgan fingerprint density at radius 3 is 2.52 bits per heavy atom. The Hall–Kier alpha value is -4.44. The van der Waals surface area contributed by atoms with E-state index in [-0.39, 0.29) is 35.2 Å². The van der Waals surface area contributed by atoms with Crippen molar-refractivity contribution in [1.82, 2.24) is 9.88 Å². The second-order valence-electron chi connectivity index (χ2n) is 11.8. The van der Waals surface area contributed by atoms with Gasteiger partial charge in [0.1, 0.15) is 34.8 Å². The first-order valence-electron chi connectivity index (χ1n) is 14.3. The normalized spacial score (nSPS) is 19.0. The fourth-order valence-corrected chi connectivity index (χ4v) is 6.51. The van der Waals surface area contributed by atoms with Crippen molar-refractivity contribution >= 4 is 33.2 Å². The van der Waals surface area contributed by atoms with E-state index in [1.54, 1.807) is 12.1 Å². The van der Waals surface area contributed by atoms with Crippen LogP contribution in [0.15, 0.2) is 42.5 Å². The molecular formula is C33H34FN7O. The van der Waals surface area contributed by atoms with Crippen LogP contribution in [0.2, 0.25) is 0 Å². The summed E-state index contributed by atoms with van der Waals surface area (Å²) in [6.07, 6.45) is 1.27. The van der Waals surface area contributed by atoms with E-state index >= 15 is 4.39 Å². The van der Waals surface area contributed by atoms with E-state index in [0.29, 0.717) is 65.8 Å². The number of nitrogens with two attached hydrogens (primary N) is 1. The van der Waals surface area contributed by atoms with Gasteiger partial charge in [-0.2, -0.15) is 10.5 Å². The predicted octanol–water partition coefficient (Wildman–Crippen LogP) is 4.90. The number of rotatable bonds is 6. The van der Waals surface area contributed by atoms with Gasteiger partial charge in [0.05, 0.1) is 6.07 Å². The third-order valence-electron chi connectivity index (χ3n) is 8.78. The molecule has 3 N–H and O–H groups in total. The number of aromatic nitrogens is 1. The van der Waals surface area contributed by atoms with Crippen LogP contribution >= 0.6 is 0 Å². The van der Waals surface area contributed by atoms with Gasteiger partial charge in [-0.25, -0.2) is 9.37 Å². The summed E-state index contributed by atoms with van der Waals surface area (Å²) in [6.45, 7) is 4.02. The van der Waals surface area contributed by atoms with Crippen molar-refractivity contribution in [1.29, 1.82) is 10.5 Å². The van der Waals surface area contributed by atoms with Gasteiger partial charge in [0.25, 0.3) is 0 Å². The van der Waals surface area contributed by atoms with E-state index in [2.05, 4.69) is 28.9 Å². The molecule has 42 heavy (non-hydrogen) atoms. The number of aryl methyl sites for hydroxylation is 1. The lowest BCUT2D eigenvalue weighted by Crippen LogP contribution is -2.58. The molecule has 0 amide bonds. The van der Waals surface area contributed by atoms with Crippen LogP contribution in [0.3, 0.4) is 0 Å². The van der Waals surface area contributed by atoms with Crippen LogP contribution in [0, 0.1) is 28.5 Å².